The van der Waals surface area contributed by atoms with Crippen LogP contribution < -0.4 is 0 Å². The summed E-state index contributed by atoms with van der Waals surface area (Å²) < 4.78 is 5.13. The number of amides is 1. The van der Waals surface area contributed by atoms with Crippen LogP contribution in [0.25, 0.3) is 0 Å². The number of hydrogen-bond acceptors (Lipinski definition) is 3. The van der Waals surface area contributed by atoms with Gasteiger partial charge >= 0.3 is 5.97 Å². The molecule has 4 nitrogen and oxygen atoms in total. The molecule has 96 valence electrons. The molecule has 0 radical (unpaired) electrons. The van der Waals surface area contributed by atoms with Gasteiger partial charge in [0.1, 0.15) is 0 Å². The zero-order valence-corrected chi connectivity index (χ0v) is 10.8. The number of rotatable bonds is 3. The lowest BCUT2D eigenvalue weighted by Crippen LogP contribution is -2.23. The summed E-state index contributed by atoms with van der Waals surface area (Å²) in [6, 6.07) is 8.46. The van der Waals surface area contributed by atoms with Crippen LogP contribution in [0.2, 0.25) is 0 Å². The summed E-state index contributed by atoms with van der Waals surface area (Å²) in [5, 5.41) is 0. The largest absolute Gasteiger partial charge is 0.461 e. The van der Waals surface area contributed by atoms with Crippen LogP contribution in [0, 0.1) is 0 Å². The molecule has 18 heavy (non-hydrogen) atoms. The van der Waals surface area contributed by atoms with E-state index >= 15 is 0 Å². The van der Waals surface area contributed by atoms with Gasteiger partial charge in [-0.05, 0) is 32.9 Å². The lowest BCUT2D eigenvalue weighted by molar-refractivity contribution is -0.147. The van der Waals surface area contributed by atoms with Gasteiger partial charge < -0.3 is 9.64 Å². The van der Waals surface area contributed by atoms with E-state index in [1.54, 1.807) is 30.9 Å². The van der Waals surface area contributed by atoms with Crippen molar-refractivity contribution in [3.05, 3.63) is 35.9 Å². The highest BCUT2D eigenvalue weighted by Gasteiger charge is 2.53. The summed E-state index contributed by atoms with van der Waals surface area (Å²) in [5.74, 6) is -0.435. The summed E-state index contributed by atoms with van der Waals surface area (Å²) in [6.45, 7) is 5.45. The van der Waals surface area contributed by atoms with Crippen LogP contribution in [0.1, 0.15) is 31.1 Å². The van der Waals surface area contributed by atoms with E-state index < -0.39 is 6.04 Å². The van der Waals surface area contributed by atoms with Crippen LogP contribution in [-0.4, -0.2) is 35.0 Å². The lowest BCUT2D eigenvalue weighted by Gasteiger charge is -2.07. The summed E-state index contributed by atoms with van der Waals surface area (Å²) in [6.07, 6.45) is -0.154. The molecule has 2 atom stereocenters. The number of hydrogen-bond donors (Lipinski definition) is 0. The van der Waals surface area contributed by atoms with Crippen molar-refractivity contribution < 1.29 is 14.3 Å². The Kier molecular flexibility index (Phi) is 3.36. The summed E-state index contributed by atoms with van der Waals surface area (Å²) in [7, 11) is 0. The maximum Gasteiger partial charge on any atom is 0.331 e. The molecule has 1 aliphatic heterocycles. The van der Waals surface area contributed by atoms with Crippen LogP contribution in [0.3, 0.4) is 0 Å². The van der Waals surface area contributed by atoms with Crippen LogP contribution in [-0.2, 0) is 9.53 Å². The van der Waals surface area contributed by atoms with Gasteiger partial charge in [0.05, 0.1) is 12.1 Å². The third kappa shape index (κ3) is 2.37. The van der Waals surface area contributed by atoms with Crippen molar-refractivity contribution in [1.82, 2.24) is 4.90 Å². The van der Waals surface area contributed by atoms with Gasteiger partial charge in [-0.15, -0.1) is 0 Å². The summed E-state index contributed by atoms with van der Waals surface area (Å²) in [5.41, 5.74) is 0.601. The number of nitrogens with zero attached hydrogens (tertiary/aromatic N) is 1. The van der Waals surface area contributed by atoms with Gasteiger partial charge in [-0.2, -0.15) is 0 Å². The molecule has 4 heteroatoms. The average Bonchev–Trinajstić information content (AvgIpc) is 3.00. The first-order valence-corrected chi connectivity index (χ1v) is 6.10. The Hall–Kier alpha value is -1.84. The lowest BCUT2D eigenvalue weighted by atomic mass is 10.2. The topological polar surface area (TPSA) is 46.4 Å². The fourth-order valence-corrected chi connectivity index (χ4v) is 2.00. The minimum Gasteiger partial charge on any atom is -0.461 e. The molecule has 2 rings (SSSR count). The minimum atomic E-state index is -0.430. The van der Waals surface area contributed by atoms with Crippen molar-refractivity contribution in [2.75, 3.05) is 0 Å². The van der Waals surface area contributed by atoms with E-state index in [2.05, 4.69) is 0 Å². The number of carbonyl (C=O) groups excluding carboxylic acids is 2. The molecule has 1 aliphatic rings. The van der Waals surface area contributed by atoms with Crippen LogP contribution in [0.4, 0.5) is 0 Å². The van der Waals surface area contributed by atoms with Crippen molar-refractivity contribution in [1.29, 1.82) is 0 Å². The third-order valence-electron chi connectivity index (χ3n) is 2.95. The molecule has 0 saturated carbocycles. The second-order valence-electron chi connectivity index (χ2n) is 4.75. The standard InChI is InChI=1S/C14H17NO3/c1-9(2)18-14(17)12-10(3)15(12)13(16)11-7-5-4-6-8-11/h4-10,12H,1-3H3/t10-,12-,15?/m1/s1. The van der Waals surface area contributed by atoms with E-state index in [1.807, 2.05) is 25.1 Å². The molecule has 0 bridgehead atoms. The normalized spacial score (nSPS) is 21.9. The second kappa shape index (κ2) is 4.80. The summed E-state index contributed by atoms with van der Waals surface area (Å²) >= 11 is 0. The summed E-state index contributed by atoms with van der Waals surface area (Å²) in [4.78, 5) is 25.4. The van der Waals surface area contributed by atoms with Gasteiger partial charge in [-0.3, -0.25) is 4.79 Å². The molecule has 1 aromatic rings. The molecule has 1 heterocycles. The monoisotopic (exact) mass is 247 g/mol. The zero-order chi connectivity index (χ0) is 13.3. The highest BCUT2D eigenvalue weighted by Crippen LogP contribution is 2.31. The van der Waals surface area contributed by atoms with Gasteiger partial charge in [0.15, 0.2) is 6.04 Å². The first-order chi connectivity index (χ1) is 8.52. The Balaban J connectivity index is 2.04. The number of ether oxygens (including phenoxy) is 1. The van der Waals surface area contributed by atoms with Crippen molar-refractivity contribution in [3.63, 3.8) is 0 Å². The first-order valence-electron chi connectivity index (χ1n) is 6.10. The quantitative estimate of drug-likeness (QED) is 0.605. The predicted molar refractivity (Wildman–Crippen MR) is 67.1 cm³/mol. The molecule has 0 aliphatic carbocycles. The van der Waals surface area contributed by atoms with Gasteiger partial charge in [-0.25, -0.2) is 4.79 Å². The van der Waals surface area contributed by atoms with Gasteiger partial charge in [-0.1, -0.05) is 18.2 Å². The molecule has 1 fully saturated rings. The van der Waals surface area contributed by atoms with Gasteiger partial charge in [0, 0.05) is 5.56 Å². The van der Waals surface area contributed by atoms with E-state index in [9.17, 15) is 9.59 Å². The van der Waals surface area contributed by atoms with Crippen molar-refractivity contribution in [2.45, 2.75) is 39.0 Å². The van der Waals surface area contributed by atoms with Crippen molar-refractivity contribution in [2.24, 2.45) is 0 Å². The fraction of sp³-hybridized carbons (Fsp3) is 0.429. The van der Waals surface area contributed by atoms with Crippen molar-refractivity contribution in [3.8, 4) is 0 Å². The molecule has 1 aromatic carbocycles. The molecule has 0 spiro atoms. The fourth-order valence-electron chi connectivity index (χ4n) is 2.00. The van der Waals surface area contributed by atoms with E-state index in [1.165, 1.54) is 0 Å². The SMILES string of the molecule is CC(C)OC(=O)[C@H]1[C@@H](C)N1C(=O)c1ccccc1. The second-order valence-corrected chi connectivity index (χ2v) is 4.75. The molecule has 0 unspecified atom stereocenters. The van der Waals surface area contributed by atoms with E-state index in [0.29, 0.717) is 5.56 Å². The third-order valence-corrected chi connectivity index (χ3v) is 2.95. The van der Waals surface area contributed by atoms with E-state index in [0.717, 1.165) is 0 Å². The van der Waals surface area contributed by atoms with E-state index in [4.69, 9.17) is 4.74 Å². The Labute approximate surface area is 107 Å². The minimum absolute atomic E-state index is 0.0797. The first kappa shape index (κ1) is 12.6. The molecule has 1 amide bonds. The highest BCUT2D eigenvalue weighted by atomic mass is 16.5. The maximum absolute atomic E-state index is 12.1. The Bertz CT molecular complexity index is 455. The van der Waals surface area contributed by atoms with Crippen LogP contribution in [0.5, 0.6) is 0 Å². The molecular formula is C14H17NO3. The van der Waals surface area contributed by atoms with Gasteiger partial charge in [0.25, 0.3) is 5.91 Å². The zero-order valence-electron chi connectivity index (χ0n) is 10.8. The Morgan fingerprint density at radius 1 is 1.22 bits per heavy atom. The average molecular weight is 247 g/mol. The molecule has 0 N–H and O–H groups in total. The van der Waals surface area contributed by atoms with Gasteiger partial charge in [0.2, 0.25) is 0 Å². The molecule has 1 saturated heterocycles. The smallest absolute Gasteiger partial charge is 0.331 e. The predicted octanol–water partition coefficient (Wildman–Crippen LogP) is 1.85. The molecular weight excluding hydrogens is 230 g/mol. The molecule has 0 aromatic heterocycles. The number of carbonyl (C=O) groups is 2. The van der Waals surface area contributed by atoms with Crippen molar-refractivity contribution >= 4 is 11.9 Å². The maximum atomic E-state index is 12.1. The Morgan fingerprint density at radius 3 is 2.39 bits per heavy atom. The van der Waals surface area contributed by atoms with Crippen LogP contribution in [0.15, 0.2) is 30.3 Å². The van der Waals surface area contributed by atoms with E-state index in [-0.39, 0.29) is 24.0 Å². The number of benzene rings is 1. The Morgan fingerprint density at radius 2 is 1.83 bits per heavy atom. The number of esters is 1. The van der Waals surface area contributed by atoms with Crippen LogP contribution >= 0.6 is 0 Å². The highest BCUT2D eigenvalue weighted by molar-refractivity contribution is 6.00.